The summed E-state index contributed by atoms with van der Waals surface area (Å²) in [7, 11) is 1.33. The van der Waals surface area contributed by atoms with Crippen LogP contribution in [-0.4, -0.2) is 54.4 Å². The summed E-state index contributed by atoms with van der Waals surface area (Å²) >= 11 is 3.40. The molecule has 116 valence electrons. The van der Waals surface area contributed by atoms with Gasteiger partial charge in [0.1, 0.15) is 12.2 Å². The van der Waals surface area contributed by atoms with Crippen molar-refractivity contribution >= 4 is 21.9 Å². The van der Waals surface area contributed by atoms with Gasteiger partial charge >= 0.3 is 5.97 Å². The minimum Gasteiger partial charge on any atom is -0.467 e. The van der Waals surface area contributed by atoms with Crippen LogP contribution in [0.5, 0.6) is 0 Å². The Labute approximate surface area is 127 Å². The molecule has 0 aromatic rings. The van der Waals surface area contributed by atoms with E-state index >= 15 is 0 Å². The number of ether oxygens (including phenoxy) is 5. The number of halogens is 1. The summed E-state index contributed by atoms with van der Waals surface area (Å²) in [5.74, 6) is -2.06. The molecule has 2 aliphatic heterocycles. The maximum Gasteiger partial charge on any atom is 0.337 e. The van der Waals surface area contributed by atoms with Crippen molar-refractivity contribution < 1.29 is 28.5 Å². The number of hydrogen-bond donors (Lipinski definition) is 0. The van der Waals surface area contributed by atoms with E-state index in [2.05, 4.69) is 15.9 Å². The van der Waals surface area contributed by atoms with E-state index in [1.165, 1.54) is 7.11 Å². The third-order valence-electron chi connectivity index (χ3n) is 3.26. The lowest BCUT2D eigenvalue weighted by Gasteiger charge is -2.24. The number of alkyl halides is 1. The van der Waals surface area contributed by atoms with Crippen LogP contribution < -0.4 is 0 Å². The standard InChI is InChI=1S/C13H21BrO6/c1-12(2)17-7(6-14)8(18-12)9-10(11(15)16-5)20-13(3,4)19-9/h7-10H,6H2,1-5H3/t7-,8+,9+,10-/m0/s1. The molecule has 0 radical (unpaired) electrons. The van der Waals surface area contributed by atoms with E-state index in [-0.39, 0.29) is 6.10 Å². The predicted octanol–water partition coefficient (Wildman–Crippen LogP) is 1.59. The van der Waals surface area contributed by atoms with E-state index in [1.807, 2.05) is 13.8 Å². The van der Waals surface area contributed by atoms with E-state index in [1.54, 1.807) is 13.8 Å². The second-order valence-electron chi connectivity index (χ2n) is 5.84. The van der Waals surface area contributed by atoms with Crippen molar-refractivity contribution in [3.63, 3.8) is 0 Å². The quantitative estimate of drug-likeness (QED) is 0.567. The van der Waals surface area contributed by atoms with Gasteiger partial charge in [0, 0.05) is 5.33 Å². The Balaban J connectivity index is 2.22. The van der Waals surface area contributed by atoms with Gasteiger partial charge in [-0.15, -0.1) is 0 Å². The summed E-state index contributed by atoms with van der Waals surface area (Å²) < 4.78 is 28.0. The molecular weight excluding hydrogens is 332 g/mol. The molecule has 7 heteroatoms. The van der Waals surface area contributed by atoms with Crippen LogP contribution in [0.4, 0.5) is 0 Å². The second kappa shape index (κ2) is 5.53. The van der Waals surface area contributed by atoms with Crippen LogP contribution in [0.1, 0.15) is 27.7 Å². The van der Waals surface area contributed by atoms with Gasteiger partial charge in [0.2, 0.25) is 0 Å². The normalized spacial score (nSPS) is 38.9. The van der Waals surface area contributed by atoms with Crippen LogP contribution in [0.2, 0.25) is 0 Å². The topological polar surface area (TPSA) is 63.2 Å². The first-order valence-electron chi connectivity index (χ1n) is 6.54. The lowest BCUT2D eigenvalue weighted by molar-refractivity contribution is -0.176. The Kier molecular flexibility index (Phi) is 4.47. The number of hydrogen-bond acceptors (Lipinski definition) is 6. The minimum absolute atomic E-state index is 0.223. The maximum absolute atomic E-state index is 11.9. The maximum atomic E-state index is 11.9. The van der Waals surface area contributed by atoms with Crippen LogP contribution >= 0.6 is 15.9 Å². The Morgan fingerprint density at radius 1 is 1.05 bits per heavy atom. The lowest BCUT2D eigenvalue weighted by atomic mass is 10.0. The molecule has 2 fully saturated rings. The molecule has 20 heavy (non-hydrogen) atoms. The first-order valence-corrected chi connectivity index (χ1v) is 7.66. The third-order valence-corrected chi connectivity index (χ3v) is 3.90. The van der Waals surface area contributed by atoms with E-state index in [4.69, 9.17) is 23.7 Å². The molecule has 0 aromatic heterocycles. The SMILES string of the molecule is COC(=O)[C@H]1OC(C)(C)O[C@@H]1[C@@H]1OC(C)(C)O[C@H]1CBr. The lowest BCUT2D eigenvalue weighted by Crippen LogP contribution is -2.45. The summed E-state index contributed by atoms with van der Waals surface area (Å²) in [5.41, 5.74) is 0. The summed E-state index contributed by atoms with van der Waals surface area (Å²) in [6, 6.07) is 0. The molecule has 4 atom stereocenters. The van der Waals surface area contributed by atoms with Gasteiger partial charge in [0.05, 0.1) is 13.2 Å². The van der Waals surface area contributed by atoms with Crippen molar-refractivity contribution in [1.82, 2.24) is 0 Å². The largest absolute Gasteiger partial charge is 0.467 e. The van der Waals surface area contributed by atoms with Crippen molar-refractivity contribution in [3.05, 3.63) is 0 Å². The first-order chi connectivity index (χ1) is 9.19. The highest BCUT2D eigenvalue weighted by Crippen LogP contribution is 2.39. The van der Waals surface area contributed by atoms with Gasteiger partial charge < -0.3 is 23.7 Å². The number of methoxy groups -OCH3 is 1. The molecule has 6 nitrogen and oxygen atoms in total. The zero-order chi connectivity index (χ0) is 15.1. The van der Waals surface area contributed by atoms with Crippen LogP contribution in [0.15, 0.2) is 0 Å². The van der Waals surface area contributed by atoms with Gasteiger partial charge in [-0.2, -0.15) is 0 Å². The summed E-state index contributed by atoms with van der Waals surface area (Å²) in [6.45, 7) is 7.17. The Hall–Kier alpha value is -0.210. The van der Waals surface area contributed by atoms with Crippen molar-refractivity contribution in [2.45, 2.75) is 63.7 Å². The van der Waals surface area contributed by atoms with Gasteiger partial charge in [0.15, 0.2) is 17.7 Å². The molecule has 0 bridgehead atoms. The van der Waals surface area contributed by atoms with E-state index in [0.29, 0.717) is 5.33 Å². The monoisotopic (exact) mass is 352 g/mol. The smallest absolute Gasteiger partial charge is 0.337 e. The van der Waals surface area contributed by atoms with Gasteiger partial charge in [0.25, 0.3) is 0 Å². The number of esters is 1. The number of carbonyl (C=O) groups excluding carboxylic acids is 1. The van der Waals surface area contributed by atoms with Gasteiger partial charge in [-0.1, -0.05) is 15.9 Å². The molecule has 0 N–H and O–H groups in total. The molecule has 0 spiro atoms. The average Bonchev–Trinajstić information content (AvgIpc) is 2.84. The Bertz CT molecular complexity index is 383. The fraction of sp³-hybridized carbons (Fsp3) is 0.923. The van der Waals surface area contributed by atoms with Crippen LogP contribution in [0.25, 0.3) is 0 Å². The zero-order valence-electron chi connectivity index (χ0n) is 12.3. The summed E-state index contributed by atoms with van der Waals surface area (Å²) in [4.78, 5) is 11.9. The van der Waals surface area contributed by atoms with E-state index < -0.39 is 35.9 Å². The fourth-order valence-corrected chi connectivity index (χ4v) is 3.09. The average molecular weight is 353 g/mol. The second-order valence-corrected chi connectivity index (χ2v) is 6.48. The molecule has 2 heterocycles. The minimum atomic E-state index is -0.865. The zero-order valence-corrected chi connectivity index (χ0v) is 13.9. The molecule has 2 rings (SSSR count). The van der Waals surface area contributed by atoms with E-state index in [9.17, 15) is 4.79 Å². The number of carbonyl (C=O) groups is 1. The van der Waals surface area contributed by atoms with Gasteiger partial charge in [-0.3, -0.25) is 0 Å². The molecule has 0 aromatic carbocycles. The first kappa shape index (κ1) is 16.2. The third kappa shape index (κ3) is 3.17. The number of rotatable bonds is 3. The highest BCUT2D eigenvalue weighted by molar-refractivity contribution is 9.09. The van der Waals surface area contributed by atoms with Crippen LogP contribution in [-0.2, 0) is 28.5 Å². The fourth-order valence-electron chi connectivity index (χ4n) is 2.59. The van der Waals surface area contributed by atoms with E-state index in [0.717, 1.165) is 0 Å². The van der Waals surface area contributed by atoms with Crippen molar-refractivity contribution in [3.8, 4) is 0 Å². The molecular formula is C13H21BrO6. The van der Waals surface area contributed by atoms with Crippen molar-refractivity contribution in [1.29, 1.82) is 0 Å². The van der Waals surface area contributed by atoms with Crippen LogP contribution in [0.3, 0.4) is 0 Å². The highest BCUT2D eigenvalue weighted by atomic mass is 79.9. The molecule has 0 aliphatic carbocycles. The molecule has 0 amide bonds. The van der Waals surface area contributed by atoms with Gasteiger partial charge in [-0.05, 0) is 27.7 Å². The predicted molar refractivity (Wildman–Crippen MR) is 73.5 cm³/mol. The highest BCUT2D eigenvalue weighted by Gasteiger charge is 2.55. The molecule has 0 unspecified atom stereocenters. The van der Waals surface area contributed by atoms with Crippen molar-refractivity contribution in [2.75, 3.05) is 12.4 Å². The molecule has 2 aliphatic rings. The van der Waals surface area contributed by atoms with Crippen LogP contribution in [0, 0.1) is 0 Å². The van der Waals surface area contributed by atoms with Gasteiger partial charge in [-0.25, -0.2) is 4.79 Å². The van der Waals surface area contributed by atoms with Crippen molar-refractivity contribution in [2.24, 2.45) is 0 Å². The Morgan fingerprint density at radius 2 is 1.60 bits per heavy atom. The Morgan fingerprint density at radius 3 is 2.15 bits per heavy atom. The summed E-state index contributed by atoms with van der Waals surface area (Å²) in [6.07, 6.45) is -2.02. The molecule has 0 saturated carbocycles. The summed E-state index contributed by atoms with van der Waals surface area (Å²) in [5, 5.41) is 0.579. The molecule has 2 saturated heterocycles.